The van der Waals surface area contributed by atoms with Crippen LogP contribution >= 0.6 is 0 Å². The smallest absolute Gasteiger partial charge is 0.333 e. The lowest BCUT2D eigenvalue weighted by Gasteiger charge is -2.56. The number of benzene rings is 1. The molecule has 2 saturated heterocycles. The number of ether oxygens (including phenoxy) is 4. The lowest BCUT2D eigenvalue weighted by atomic mass is 9.51. The molecule has 0 radical (unpaired) electrons. The summed E-state index contributed by atoms with van der Waals surface area (Å²) in [5.41, 5.74) is 0.550. The Bertz CT molecular complexity index is 1900. The van der Waals surface area contributed by atoms with Crippen LogP contribution in [0.3, 0.4) is 0 Å². The number of aromatic hydroxyl groups is 2. The van der Waals surface area contributed by atoms with Crippen molar-refractivity contribution in [3.8, 4) is 17.2 Å². The zero-order valence-electron chi connectivity index (χ0n) is 34.6. The summed E-state index contributed by atoms with van der Waals surface area (Å²) >= 11 is 0. The first-order valence-electron chi connectivity index (χ1n) is 20.4. The molecule has 2 N–H and O–H groups in total. The average molecular weight is 772 g/mol. The summed E-state index contributed by atoms with van der Waals surface area (Å²) in [6.45, 7) is 20.1. The van der Waals surface area contributed by atoms with Crippen molar-refractivity contribution in [1.82, 2.24) is 4.90 Å². The number of rotatable bonds is 15. The van der Waals surface area contributed by atoms with E-state index < -0.39 is 40.4 Å². The zero-order valence-corrected chi connectivity index (χ0v) is 34.6. The van der Waals surface area contributed by atoms with E-state index in [9.17, 15) is 24.6 Å². The third kappa shape index (κ3) is 7.57. The summed E-state index contributed by atoms with van der Waals surface area (Å²) in [7, 11) is 0. The van der Waals surface area contributed by atoms with Crippen molar-refractivity contribution in [3.63, 3.8) is 0 Å². The van der Waals surface area contributed by atoms with Crippen LogP contribution in [0.1, 0.15) is 115 Å². The van der Waals surface area contributed by atoms with Crippen LogP contribution in [0.5, 0.6) is 17.2 Å². The van der Waals surface area contributed by atoms with Gasteiger partial charge in [0, 0.05) is 53.6 Å². The van der Waals surface area contributed by atoms with Gasteiger partial charge in [-0.05, 0) is 107 Å². The van der Waals surface area contributed by atoms with Gasteiger partial charge in [-0.2, -0.15) is 0 Å². The number of phenols is 2. The molecule has 7 rings (SSSR count). The molecule has 56 heavy (non-hydrogen) atoms. The van der Waals surface area contributed by atoms with Crippen molar-refractivity contribution >= 4 is 17.5 Å². The number of hydrogen-bond acceptors (Lipinski definition) is 10. The van der Waals surface area contributed by atoms with Crippen LogP contribution < -0.4 is 4.74 Å². The van der Waals surface area contributed by atoms with Crippen LogP contribution in [0.4, 0.5) is 0 Å². The number of ketones is 2. The molecule has 0 amide bonds. The highest BCUT2D eigenvalue weighted by molar-refractivity contribution is 6.18. The van der Waals surface area contributed by atoms with Crippen molar-refractivity contribution < 1.29 is 43.5 Å². The Morgan fingerprint density at radius 3 is 2.32 bits per heavy atom. The van der Waals surface area contributed by atoms with Gasteiger partial charge in [-0.1, -0.05) is 47.1 Å². The molecule has 3 fully saturated rings. The fraction of sp³-hybridized carbons (Fsp3) is 0.587. The zero-order chi connectivity index (χ0) is 40.6. The first kappa shape index (κ1) is 41.6. The summed E-state index contributed by atoms with van der Waals surface area (Å²) < 4.78 is 25.0. The van der Waals surface area contributed by atoms with E-state index in [-0.39, 0.29) is 60.0 Å². The Morgan fingerprint density at radius 2 is 1.62 bits per heavy atom. The minimum atomic E-state index is -1.63. The molecule has 3 heterocycles. The molecule has 1 aromatic carbocycles. The SMILES string of the molecule is CC(C)=CCC/C(C)=C/Cc1c(O)c(CC=C(C)C)c2c(c1O)C(=O)C1=CC3CC4C(C)(C)OC(C/C=C(/C)C(=O)OCCCCN5CCOCC5)(C3=O)C14O2. The predicted octanol–water partition coefficient (Wildman–Crippen LogP) is 7.84. The van der Waals surface area contributed by atoms with Crippen LogP contribution in [0.15, 0.2) is 58.2 Å². The van der Waals surface area contributed by atoms with Crippen molar-refractivity contribution in [2.75, 3.05) is 39.5 Å². The molecule has 304 valence electrons. The van der Waals surface area contributed by atoms with Crippen molar-refractivity contribution in [2.24, 2.45) is 11.8 Å². The summed E-state index contributed by atoms with van der Waals surface area (Å²) in [6.07, 6.45) is 13.7. The molecule has 4 atom stereocenters. The second-order valence-corrected chi connectivity index (χ2v) is 17.3. The van der Waals surface area contributed by atoms with E-state index in [1.807, 2.05) is 46.8 Å². The highest BCUT2D eigenvalue weighted by Crippen LogP contribution is 2.68. The van der Waals surface area contributed by atoms with Crippen LogP contribution in [-0.2, 0) is 36.6 Å². The van der Waals surface area contributed by atoms with E-state index in [0.717, 1.165) is 69.7 Å². The third-order valence-corrected chi connectivity index (χ3v) is 12.4. The molecule has 4 unspecified atom stereocenters. The minimum absolute atomic E-state index is 0.00120. The maximum absolute atomic E-state index is 15.0. The third-order valence-electron chi connectivity index (χ3n) is 12.4. The van der Waals surface area contributed by atoms with Gasteiger partial charge in [-0.3, -0.25) is 14.5 Å². The fourth-order valence-electron chi connectivity index (χ4n) is 9.34. The van der Waals surface area contributed by atoms with Crippen molar-refractivity contribution in [2.45, 2.75) is 124 Å². The molecule has 1 aromatic rings. The number of fused-ring (bicyclic) bond motifs is 1. The van der Waals surface area contributed by atoms with E-state index in [0.29, 0.717) is 23.1 Å². The van der Waals surface area contributed by atoms with Crippen LogP contribution in [-0.4, -0.2) is 88.9 Å². The van der Waals surface area contributed by atoms with E-state index in [4.69, 9.17) is 18.9 Å². The summed E-state index contributed by atoms with van der Waals surface area (Å²) in [5.74, 6) is -2.49. The Hall–Kier alpha value is -3.99. The molecular formula is C46H61NO9. The van der Waals surface area contributed by atoms with Gasteiger partial charge >= 0.3 is 5.97 Å². The Morgan fingerprint density at radius 1 is 0.929 bits per heavy atom. The second kappa shape index (κ2) is 16.5. The summed E-state index contributed by atoms with van der Waals surface area (Å²) in [6, 6.07) is 0. The predicted molar refractivity (Wildman–Crippen MR) is 215 cm³/mol. The molecule has 3 aliphatic heterocycles. The highest BCUT2D eigenvalue weighted by atomic mass is 16.6. The van der Waals surface area contributed by atoms with E-state index in [1.165, 1.54) is 5.57 Å². The van der Waals surface area contributed by atoms with Crippen LogP contribution in [0, 0.1) is 11.8 Å². The normalized spacial score (nSPS) is 26.6. The largest absolute Gasteiger partial charge is 0.507 e. The highest BCUT2D eigenvalue weighted by Gasteiger charge is 2.81. The van der Waals surface area contributed by atoms with Gasteiger partial charge in [0.1, 0.15) is 22.8 Å². The molecule has 4 bridgehead atoms. The monoisotopic (exact) mass is 771 g/mol. The lowest BCUT2D eigenvalue weighted by molar-refractivity contribution is -0.171. The number of carbonyl (C=O) groups is 3. The van der Waals surface area contributed by atoms with Crippen molar-refractivity contribution in [1.29, 1.82) is 0 Å². The van der Waals surface area contributed by atoms with Gasteiger partial charge in [-0.15, -0.1) is 0 Å². The number of unbranched alkanes of at least 4 members (excludes halogenated alkanes) is 1. The molecule has 0 aromatic heterocycles. The van der Waals surface area contributed by atoms with Gasteiger partial charge in [0.2, 0.25) is 0 Å². The summed E-state index contributed by atoms with van der Waals surface area (Å²) in [4.78, 5) is 45.1. The lowest BCUT2D eigenvalue weighted by Crippen LogP contribution is -2.72. The number of phenolic OH excluding ortho intramolecular Hbond substituents is 2. The van der Waals surface area contributed by atoms with Gasteiger partial charge in [0.05, 0.1) is 25.4 Å². The standard InChI is InChI=1S/C46H61NO9/c1-28(2)12-11-13-30(5)15-17-33-38(48)34(16-14-29(3)4)41-37(39(33)49)40(50)35-26-32-27-36-44(7,8)56-45(42(32)51,46(35,36)55-41)19-18-31(6)43(52)54-23-10-9-20-47-21-24-53-25-22-47/h12,14-15,18,26,32,36,48-49H,9-11,13,16-17,19-25,27H2,1-8H3/b30-15+,31-18-. The molecule has 10 nitrogen and oxygen atoms in total. The number of nitrogens with zero attached hydrogens (tertiary/aromatic N) is 1. The number of allylic oxidation sites excluding steroid dienone is 7. The van der Waals surface area contributed by atoms with Gasteiger partial charge < -0.3 is 29.2 Å². The molecule has 3 aliphatic carbocycles. The quantitative estimate of drug-likeness (QED) is 0.0787. The van der Waals surface area contributed by atoms with E-state index in [2.05, 4.69) is 24.8 Å². The van der Waals surface area contributed by atoms with Gasteiger partial charge in [0.25, 0.3) is 0 Å². The van der Waals surface area contributed by atoms with Crippen LogP contribution in [0.2, 0.25) is 0 Å². The first-order valence-corrected chi connectivity index (χ1v) is 20.4. The number of Topliss-reactive ketones (excluding diaryl/α,β-unsaturated/α-hetero) is 2. The van der Waals surface area contributed by atoms with Crippen LogP contribution in [0.25, 0.3) is 0 Å². The summed E-state index contributed by atoms with van der Waals surface area (Å²) in [5, 5.41) is 23.8. The Balaban J connectivity index is 1.33. The molecule has 10 heteroatoms. The van der Waals surface area contributed by atoms with Crippen molar-refractivity contribution in [3.05, 3.63) is 74.9 Å². The Kier molecular flexibility index (Phi) is 12.2. The minimum Gasteiger partial charge on any atom is -0.507 e. The maximum atomic E-state index is 15.0. The van der Waals surface area contributed by atoms with Gasteiger partial charge in [0.15, 0.2) is 22.8 Å². The molecule has 1 saturated carbocycles. The Labute approximate surface area is 332 Å². The van der Waals surface area contributed by atoms with Gasteiger partial charge in [-0.25, -0.2) is 4.79 Å². The van der Waals surface area contributed by atoms with E-state index >= 15 is 0 Å². The average Bonchev–Trinajstić information content (AvgIpc) is 3.30. The number of hydrogen-bond donors (Lipinski definition) is 2. The topological polar surface area (TPSA) is 132 Å². The number of carbonyl (C=O) groups excluding carboxylic acids is 3. The number of morpholine rings is 1. The van der Waals surface area contributed by atoms with E-state index in [1.54, 1.807) is 19.1 Å². The first-order chi connectivity index (χ1) is 26.5. The maximum Gasteiger partial charge on any atom is 0.333 e. The number of esters is 1. The second-order valence-electron chi connectivity index (χ2n) is 17.3. The molecule has 1 spiro atoms. The molecular weight excluding hydrogens is 711 g/mol. The fourth-order valence-corrected chi connectivity index (χ4v) is 9.34. The molecule has 6 aliphatic rings.